The summed E-state index contributed by atoms with van der Waals surface area (Å²) in [6.07, 6.45) is -2.48. The molecule has 1 amide bonds. The molecule has 34 heavy (non-hydrogen) atoms. The van der Waals surface area contributed by atoms with E-state index in [1.54, 1.807) is 25.2 Å². The van der Waals surface area contributed by atoms with E-state index in [2.05, 4.69) is 19.5 Å². The summed E-state index contributed by atoms with van der Waals surface area (Å²) in [4.78, 5) is 13.9. The Bertz CT molecular complexity index is 1310. The largest absolute Gasteiger partial charge is 0.586 e. The number of amides is 1. The van der Waals surface area contributed by atoms with E-state index < -0.39 is 22.7 Å². The Hall–Kier alpha value is -3.30. The maximum Gasteiger partial charge on any atom is 0.586 e. The molecule has 2 aliphatic rings. The Morgan fingerprint density at radius 2 is 1.68 bits per heavy atom. The lowest BCUT2D eigenvalue weighted by Crippen LogP contribution is -2.28. The minimum atomic E-state index is -3.70. The van der Waals surface area contributed by atoms with E-state index in [1.807, 2.05) is 37.3 Å². The second-order valence-corrected chi connectivity index (χ2v) is 9.81. The van der Waals surface area contributed by atoms with Gasteiger partial charge in [-0.05, 0) is 85.5 Å². The van der Waals surface area contributed by atoms with E-state index in [0.29, 0.717) is 29.0 Å². The average molecular weight is 485 g/mol. The molecule has 1 aliphatic carbocycles. The number of rotatable bonds is 6. The molecule has 1 unspecified atom stereocenters. The molecule has 0 aromatic heterocycles. The summed E-state index contributed by atoms with van der Waals surface area (Å²) in [7, 11) is 0.367. The highest BCUT2D eigenvalue weighted by atomic mass is 32.2. The number of anilines is 1. The van der Waals surface area contributed by atoms with Crippen molar-refractivity contribution in [3.05, 3.63) is 71.8 Å². The molecule has 6 nitrogen and oxygen atoms in total. The second-order valence-electron chi connectivity index (χ2n) is 8.39. The Morgan fingerprint density at radius 1 is 0.971 bits per heavy atom. The van der Waals surface area contributed by atoms with Crippen molar-refractivity contribution in [2.45, 2.75) is 36.4 Å². The normalized spacial score (nSPS) is 17.8. The standard InChI is InChI=1S/C25H22F2N2O4S/c1-15-3-7-18(14-20(15)16-4-8-19(9-5-16)34(31)28-2)29-23(30)24(11-12-24)17-6-10-21-22(13-17)33-25(26,27)32-21/h3-10,13-14,28H,11-12H2,1-2H3,(H,29,30). The van der Waals surface area contributed by atoms with Gasteiger partial charge in [-0.1, -0.05) is 24.3 Å². The number of ether oxygens (including phenoxy) is 2. The van der Waals surface area contributed by atoms with Gasteiger partial charge in [-0.3, -0.25) is 4.79 Å². The molecule has 1 aliphatic heterocycles. The zero-order valence-electron chi connectivity index (χ0n) is 18.5. The Labute approximate surface area is 197 Å². The van der Waals surface area contributed by atoms with Crippen LogP contribution >= 0.6 is 0 Å². The molecule has 0 saturated heterocycles. The Kier molecular flexibility index (Phi) is 5.41. The lowest BCUT2D eigenvalue weighted by Gasteiger charge is -2.17. The van der Waals surface area contributed by atoms with Crippen LogP contribution in [0.2, 0.25) is 0 Å². The summed E-state index contributed by atoms with van der Waals surface area (Å²) in [5.74, 6) is -0.313. The predicted molar refractivity (Wildman–Crippen MR) is 124 cm³/mol. The third-order valence-corrected chi connectivity index (χ3v) is 7.27. The van der Waals surface area contributed by atoms with Gasteiger partial charge in [-0.2, -0.15) is 0 Å². The molecule has 1 atom stereocenters. The summed E-state index contributed by atoms with van der Waals surface area (Å²) in [6.45, 7) is 1.98. The zero-order chi connectivity index (χ0) is 24.1. The predicted octanol–water partition coefficient (Wildman–Crippen LogP) is 4.90. The summed E-state index contributed by atoms with van der Waals surface area (Å²) in [5, 5.41) is 2.99. The number of carbonyl (C=O) groups is 1. The smallest absolute Gasteiger partial charge is 0.395 e. The van der Waals surface area contributed by atoms with E-state index in [1.165, 1.54) is 12.1 Å². The molecule has 0 radical (unpaired) electrons. The van der Waals surface area contributed by atoms with Gasteiger partial charge in [0, 0.05) is 5.69 Å². The molecule has 0 spiro atoms. The number of hydrogen-bond donors (Lipinski definition) is 2. The summed E-state index contributed by atoms with van der Waals surface area (Å²) in [6, 6.07) is 17.5. The number of hydrogen-bond acceptors (Lipinski definition) is 4. The highest BCUT2D eigenvalue weighted by Gasteiger charge is 2.52. The van der Waals surface area contributed by atoms with Crippen molar-refractivity contribution >= 4 is 22.6 Å². The first-order chi connectivity index (χ1) is 16.2. The fourth-order valence-electron chi connectivity index (χ4n) is 4.16. The first kappa shape index (κ1) is 22.5. The first-order valence-electron chi connectivity index (χ1n) is 10.7. The van der Waals surface area contributed by atoms with Crippen molar-refractivity contribution in [2.75, 3.05) is 12.4 Å². The third-order valence-electron chi connectivity index (χ3n) is 6.20. The number of alkyl halides is 2. The second kappa shape index (κ2) is 8.18. The third kappa shape index (κ3) is 4.05. The maximum absolute atomic E-state index is 13.4. The molecular weight excluding hydrogens is 462 g/mol. The summed E-state index contributed by atoms with van der Waals surface area (Å²) in [5.41, 5.74) is 3.36. The average Bonchev–Trinajstić information content (AvgIpc) is 3.57. The molecule has 3 aromatic carbocycles. The van der Waals surface area contributed by atoms with Crippen LogP contribution < -0.4 is 19.5 Å². The van der Waals surface area contributed by atoms with Crippen LogP contribution in [0.25, 0.3) is 11.1 Å². The molecule has 1 saturated carbocycles. The molecule has 1 fully saturated rings. The van der Waals surface area contributed by atoms with Crippen molar-refractivity contribution in [2.24, 2.45) is 0 Å². The Balaban J connectivity index is 1.37. The number of halogens is 2. The number of nitrogens with one attached hydrogen (secondary N) is 2. The van der Waals surface area contributed by atoms with E-state index in [0.717, 1.165) is 16.7 Å². The van der Waals surface area contributed by atoms with E-state index in [4.69, 9.17) is 0 Å². The lowest BCUT2D eigenvalue weighted by atomic mass is 9.94. The molecule has 176 valence electrons. The van der Waals surface area contributed by atoms with Crippen LogP contribution in [0.3, 0.4) is 0 Å². The van der Waals surface area contributed by atoms with Gasteiger partial charge >= 0.3 is 6.29 Å². The van der Waals surface area contributed by atoms with Crippen LogP contribution in [0, 0.1) is 6.92 Å². The Morgan fingerprint density at radius 3 is 2.35 bits per heavy atom. The van der Waals surface area contributed by atoms with Gasteiger partial charge in [0.2, 0.25) is 5.91 Å². The summed E-state index contributed by atoms with van der Waals surface area (Å²) < 4.78 is 50.4. The number of aryl methyl sites for hydroxylation is 1. The van der Waals surface area contributed by atoms with Crippen molar-refractivity contribution in [1.29, 1.82) is 0 Å². The number of benzene rings is 3. The molecule has 2 N–H and O–H groups in total. The maximum atomic E-state index is 13.4. The van der Waals surface area contributed by atoms with Crippen molar-refractivity contribution in [3.8, 4) is 22.6 Å². The minimum Gasteiger partial charge on any atom is -0.395 e. The lowest BCUT2D eigenvalue weighted by molar-refractivity contribution is -0.286. The van der Waals surface area contributed by atoms with Crippen LogP contribution in [0.4, 0.5) is 14.5 Å². The fraction of sp³-hybridized carbons (Fsp3) is 0.240. The highest BCUT2D eigenvalue weighted by Crippen LogP contribution is 2.52. The monoisotopic (exact) mass is 484 g/mol. The number of fused-ring (bicyclic) bond motifs is 1. The van der Waals surface area contributed by atoms with Crippen molar-refractivity contribution < 1.29 is 27.3 Å². The van der Waals surface area contributed by atoms with Crippen LogP contribution in [0.15, 0.2) is 65.6 Å². The molecule has 0 bridgehead atoms. The summed E-state index contributed by atoms with van der Waals surface area (Å²) >= 11 is 0. The topological polar surface area (TPSA) is 76.7 Å². The van der Waals surface area contributed by atoms with Crippen LogP contribution in [0.1, 0.15) is 24.0 Å². The first-order valence-corrected chi connectivity index (χ1v) is 11.9. The molecular formula is C25H22F2N2O4S. The van der Waals surface area contributed by atoms with Crippen LogP contribution in [-0.2, 0) is 21.2 Å². The zero-order valence-corrected chi connectivity index (χ0v) is 19.3. The number of carbonyl (C=O) groups excluding carboxylic acids is 1. The van der Waals surface area contributed by atoms with E-state index in [-0.39, 0.29) is 17.4 Å². The van der Waals surface area contributed by atoms with Gasteiger partial charge in [0.1, 0.15) is 11.0 Å². The van der Waals surface area contributed by atoms with E-state index >= 15 is 0 Å². The van der Waals surface area contributed by atoms with Gasteiger partial charge in [-0.25, -0.2) is 8.93 Å². The molecule has 1 heterocycles. The van der Waals surface area contributed by atoms with Gasteiger partial charge in [-0.15, -0.1) is 8.78 Å². The SMILES string of the molecule is CNS(=O)c1ccc(-c2cc(NC(=O)C3(c4ccc5c(c4)OC(F)(F)O5)CC3)ccc2C)cc1. The van der Waals surface area contributed by atoms with Gasteiger partial charge in [0.05, 0.1) is 10.3 Å². The van der Waals surface area contributed by atoms with Crippen molar-refractivity contribution in [3.63, 3.8) is 0 Å². The fourth-order valence-corrected chi connectivity index (χ4v) is 4.77. The van der Waals surface area contributed by atoms with Gasteiger partial charge in [0.15, 0.2) is 11.5 Å². The minimum absolute atomic E-state index is 0.0438. The molecule has 3 aromatic rings. The van der Waals surface area contributed by atoms with Crippen molar-refractivity contribution in [1.82, 2.24) is 4.72 Å². The van der Waals surface area contributed by atoms with Gasteiger partial charge in [0.25, 0.3) is 0 Å². The quantitative estimate of drug-likeness (QED) is 0.522. The molecule has 9 heteroatoms. The van der Waals surface area contributed by atoms with E-state index in [9.17, 15) is 17.8 Å². The van der Waals surface area contributed by atoms with Crippen LogP contribution in [-0.4, -0.2) is 23.5 Å². The highest BCUT2D eigenvalue weighted by molar-refractivity contribution is 7.83. The van der Waals surface area contributed by atoms with Gasteiger partial charge < -0.3 is 14.8 Å². The van der Waals surface area contributed by atoms with Crippen LogP contribution in [0.5, 0.6) is 11.5 Å². The molecule has 5 rings (SSSR count).